The Balaban J connectivity index is 3.31. The third kappa shape index (κ3) is 4.15. The minimum Gasteiger partial charge on any atom is -0.398 e. The van der Waals surface area contributed by atoms with E-state index in [4.69, 9.17) is 10.5 Å². The lowest BCUT2D eigenvalue weighted by molar-refractivity contribution is 0.167. The van der Waals surface area contributed by atoms with Crippen LogP contribution in [0.1, 0.15) is 20.3 Å². The fourth-order valence-electron chi connectivity index (χ4n) is 1.83. The zero-order chi connectivity index (χ0) is 16.2. The molecule has 1 rings (SSSR count). The highest BCUT2D eigenvalue weighted by atomic mass is 79.9. The highest BCUT2D eigenvalue weighted by molar-refractivity contribution is 9.10. The van der Waals surface area contributed by atoms with Crippen LogP contribution in [0.2, 0.25) is 0 Å². The number of benzene rings is 1. The fourth-order valence-corrected chi connectivity index (χ4v) is 3.92. The largest absolute Gasteiger partial charge is 0.398 e. The molecule has 0 spiro atoms. The molecule has 0 fully saturated rings. The molecule has 1 unspecified atom stereocenters. The van der Waals surface area contributed by atoms with Gasteiger partial charge in [-0.3, -0.25) is 0 Å². The second-order valence-corrected chi connectivity index (χ2v) is 7.38. The Morgan fingerprint density at radius 3 is 2.62 bits per heavy atom. The molecule has 1 atom stereocenters. The molecule has 8 heteroatoms. The predicted molar refractivity (Wildman–Crippen MR) is 84.0 cm³/mol. The van der Waals surface area contributed by atoms with Gasteiger partial charge in [-0.05, 0) is 41.4 Å². The van der Waals surface area contributed by atoms with Crippen LogP contribution in [-0.2, 0) is 14.8 Å². The van der Waals surface area contributed by atoms with Crippen molar-refractivity contribution in [2.24, 2.45) is 0 Å². The van der Waals surface area contributed by atoms with E-state index in [0.29, 0.717) is 10.9 Å². The van der Waals surface area contributed by atoms with Crippen LogP contribution in [0, 0.1) is 5.82 Å². The van der Waals surface area contributed by atoms with Gasteiger partial charge < -0.3 is 10.5 Å². The maximum atomic E-state index is 14.1. The lowest BCUT2D eigenvalue weighted by Crippen LogP contribution is -2.40. The summed E-state index contributed by atoms with van der Waals surface area (Å²) in [6.07, 6.45) is 0.608. The van der Waals surface area contributed by atoms with Gasteiger partial charge in [0, 0.05) is 29.9 Å². The summed E-state index contributed by atoms with van der Waals surface area (Å²) in [6, 6.07) is 1.93. The molecule has 120 valence electrons. The summed E-state index contributed by atoms with van der Waals surface area (Å²) in [5.74, 6) is -0.832. The monoisotopic (exact) mass is 382 g/mol. The van der Waals surface area contributed by atoms with Crippen molar-refractivity contribution in [1.29, 1.82) is 0 Å². The highest BCUT2D eigenvalue weighted by Gasteiger charge is 2.31. The standard InChI is InChI=1S/C13H20BrFN2O3S/c1-4-9(2)17(5-6-20-3)21(18,19)13-8-12(16)10(14)7-11(13)15/h7-9H,4-6,16H2,1-3H3. The Bertz CT molecular complexity index is 595. The number of methoxy groups -OCH3 is 1. The Hall–Kier alpha value is -0.700. The predicted octanol–water partition coefficient (Wildman–Crippen LogP) is 2.61. The number of hydrogen-bond donors (Lipinski definition) is 1. The molecule has 0 aliphatic heterocycles. The average molecular weight is 383 g/mol. The van der Waals surface area contributed by atoms with Crippen LogP contribution in [0.4, 0.5) is 10.1 Å². The van der Waals surface area contributed by atoms with E-state index in [9.17, 15) is 12.8 Å². The molecule has 21 heavy (non-hydrogen) atoms. The number of nitrogens with zero attached hydrogens (tertiary/aromatic N) is 1. The maximum Gasteiger partial charge on any atom is 0.246 e. The molecule has 0 heterocycles. The normalized spacial score (nSPS) is 13.6. The lowest BCUT2D eigenvalue weighted by atomic mass is 10.3. The molecule has 0 saturated heterocycles. The van der Waals surface area contributed by atoms with Gasteiger partial charge >= 0.3 is 0 Å². The van der Waals surface area contributed by atoms with E-state index in [1.165, 1.54) is 11.4 Å². The van der Waals surface area contributed by atoms with E-state index < -0.39 is 20.7 Å². The number of sulfonamides is 1. The molecule has 5 nitrogen and oxygen atoms in total. The molecule has 1 aromatic carbocycles. The molecule has 0 aliphatic rings. The molecule has 0 amide bonds. The minimum atomic E-state index is -3.98. The summed E-state index contributed by atoms with van der Waals surface area (Å²) in [4.78, 5) is -0.417. The van der Waals surface area contributed by atoms with E-state index in [1.807, 2.05) is 6.92 Å². The van der Waals surface area contributed by atoms with Crippen molar-refractivity contribution < 1.29 is 17.5 Å². The van der Waals surface area contributed by atoms with Crippen molar-refractivity contribution in [3.63, 3.8) is 0 Å². The molecule has 0 aliphatic carbocycles. The second-order valence-electron chi connectivity index (χ2n) is 4.67. The Morgan fingerprint density at radius 2 is 2.10 bits per heavy atom. The second kappa shape index (κ2) is 7.53. The van der Waals surface area contributed by atoms with Crippen LogP contribution in [0.25, 0.3) is 0 Å². The van der Waals surface area contributed by atoms with Crippen LogP contribution < -0.4 is 5.73 Å². The summed E-state index contributed by atoms with van der Waals surface area (Å²) in [5.41, 5.74) is 5.85. The zero-order valence-corrected chi connectivity index (χ0v) is 14.7. The van der Waals surface area contributed by atoms with Gasteiger partial charge in [-0.25, -0.2) is 12.8 Å². The quantitative estimate of drug-likeness (QED) is 0.735. The third-order valence-electron chi connectivity index (χ3n) is 3.24. The molecular formula is C13H20BrFN2O3S. The molecule has 0 aromatic heterocycles. The van der Waals surface area contributed by atoms with Gasteiger partial charge in [-0.1, -0.05) is 6.92 Å². The molecular weight excluding hydrogens is 363 g/mol. The summed E-state index contributed by atoms with van der Waals surface area (Å²) in [5, 5.41) is 0. The van der Waals surface area contributed by atoms with Crippen LogP contribution in [0.5, 0.6) is 0 Å². The van der Waals surface area contributed by atoms with E-state index >= 15 is 0 Å². The first kappa shape index (κ1) is 18.3. The number of nitrogen functional groups attached to an aromatic ring is 1. The Morgan fingerprint density at radius 1 is 1.48 bits per heavy atom. The number of anilines is 1. The van der Waals surface area contributed by atoms with E-state index in [2.05, 4.69) is 15.9 Å². The molecule has 0 bridgehead atoms. The average Bonchev–Trinajstić information content (AvgIpc) is 2.42. The van der Waals surface area contributed by atoms with Gasteiger partial charge in [0.25, 0.3) is 0 Å². The molecule has 0 radical (unpaired) electrons. The van der Waals surface area contributed by atoms with Gasteiger partial charge in [0.1, 0.15) is 10.7 Å². The molecule has 0 saturated carbocycles. The van der Waals surface area contributed by atoms with Gasteiger partial charge in [0.2, 0.25) is 10.0 Å². The topological polar surface area (TPSA) is 72.6 Å². The SMILES string of the molecule is CCC(C)N(CCOC)S(=O)(=O)c1cc(N)c(Br)cc1F. The van der Waals surface area contributed by atoms with Crippen molar-refractivity contribution in [2.45, 2.75) is 31.2 Å². The Labute approximate surface area is 133 Å². The first-order valence-corrected chi connectivity index (χ1v) is 8.74. The summed E-state index contributed by atoms with van der Waals surface area (Å²) in [6.45, 7) is 4.03. The smallest absolute Gasteiger partial charge is 0.246 e. The summed E-state index contributed by atoms with van der Waals surface area (Å²) in [7, 11) is -2.49. The first-order valence-electron chi connectivity index (χ1n) is 6.51. The number of hydrogen-bond acceptors (Lipinski definition) is 4. The van der Waals surface area contributed by atoms with Crippen molar-refractivity contribution in [1.82, 2.24) is 4.31 Å². The molecule has 2 N–H and O–H groups in total. The third-order valence-corrected chi connectivity index (χ3v) is 5.95. The first-order chi connectivity index (χ1) is 9.75. The van der Waals surface area contributed by atoms with Crippen LogP contribution in [-0.4, -0.2) is 39.0 Å². The number of nitrogens with two attached hydrogens (primary N) is 1. The van der Waals surface area contributed by atoms with Gasteiger partial charge in [0.15, 0.2) is 0 Å². The van der Waals surface area contributed by atoms with E-state index in [0.717, 1.165) is 12.1 Å². The number of halogens is 2. The Kier molecular flexibility index (Phi) is 6.58. The zero-order valence-electron chi connectivity index (χ0n) is 12.3. The van der Waals surface area contributed by atoms with E-state index in [-0.39, 0.29) is 24.9 Å². The fraction of sp³-hybridized carbons (Fsp3) is 0.538. The molecule has 1 aromatic rings. The number of ether oxygens (including phenoxy) is 1. The van der Waals surface area contributed by atoms with Crippen LogP contribution in [0.3, 0.4) is 0 Å². The van der Waals surface area contributed by atoms with Crippen LogP contribution >= 0.6 is 15.9 Å². The van der Waals surface area contributed by atoms with Gasteiger partial charge in [-0.2, -0.15) is 4.31 Å². The number of rotatable bonds is 7. The van der Waals surface area contributed by atoms with Gasteiger partial charge in [-0.15, -0.1) is 0 Å². The highest BCUT2D eigenvalue weighted by Crippen LogP contribution is 2.29. The van der Waals surface area contributed by atoms with Crippen molar-refractivity contribution in [3.05, 3.63) is 22.4 Å². The van der Waals surface area contributed by atoms with Crippen molar-refractivity contribution >= 4 is 31.6 Å². The van der Waals surface area contributed by atoms with Crippen molar-refractivity contribution in [3.8, 4) is 0 Å². The van der Waals surface area contributed by atoms with Gasteiger partial charge in [0.05, 0.1) is 6.61 Å². The van der Waals surface area contributed by atoms with E-state index in [1.54, 1.807) is 6.92 Å². The van der Waals surface area contributed by atoms with Crippen LogP contribution in [0.15, 0.2) is 21.5 Å². The summed E-state index contributed by atoms with van der Waals surface area (Å²) < 4.78 is 45.9. The maximum absolute atomic E-state index is 14.1. The lowest BCUT2D eigenvalue weighted by Gasteiger charge is -2.27. The van der Waals surface area contributed by atoms with Crippen molar-refractivity contribution in [2.75, 3.05) is 26.0 Å². The summed E-state index contributed by atoms with van der Waals surface area (Å²) >= 11 is 3.08. The minimum absolute atomic E-state index is 0.156.